The van der Waals surface area contributed by atoms with Crippen molar-refractivity contribution >= 4 is 0 Å². The molecule has 0 radical (unpaired) electrons. The van der Waals surface area contributed by atoms with Crippen molar-refractivity contribution in [2.45, 2.75) is 19.6 Å². The highest BCUT2D eigenvalue weighted by atomic mass is 19.4. The number of aryl methyl sites for hydroxylation is 1. The number of H-pyrrole nitrogens is 1. The van der Waals surface area contributed by atoms with Crippen LogP contribution in [0.3, 0.4) is 0 Å². The summed E-state index contributed by atoms with van der Waals surface area (Å²) in [6.07, 6.45) is 0.264. The van der Waals surface area contributed by atoms with Crippen molar-refractivity contribution < 1.29 is 13.2 Å². The van der Waals surface area contributed by atoms with Gasteiger partial charge in [0.15, 0.2) is 5.69 Å². The maximum atomic E-state index is 12.9. The van der Waals surface area contributed by atoms with Crippen LogP contribution in [0.1, 0.15) is 12.6 Å². The van der Waals surface area contributed by atoms with Crippen LogP contribution in [0.25, 0.3) is 22.6 Å². The summed E-state index contributed by atoms with van der Waals surface area (Å²) in [5, 5.41) is 8.80. The van der Waals surface area contributed by atoms with Gasteiger partial charge in [0.2, 0.25) is 0 Å². The number of aromatic nitrogens is 6. The Kier molecular flexibility index (Phi) is 3.39. The molecular weight excluding hydrogens is 297 g/mol. The average molecular weight is 308 g/mol. The van der Waals surface area contributed by atoms with E-state index >= 15 is 0 Å². The zero-order valence-electron chi connectivity index (χ0n) is 11.5. The molecule has 3 rings (SSSR count). The number of rotatable bonds is 3. The minimum absolute atomic E-state index is 0.258. The molecule has 0 aliphatic heterocycles. The molecular formula is C13H11F3N6. The predicted molar refractivity (Wildman–Crippen MR) is 71.5 cm³/mol. The Morgan fingerprint density at radius 3 is 2.68 bits per heavy atom. The third-order valence-corrected chi connectivity index (χ3v) is 3.11. The van der Waals surface area contributed by atoms with Crippen molar-refractivity contribution in [3.8, 4) is 22.6 Å². The van der Waals surface area contributed by atoms with Gasteiger partial charge in [-0.2, -0.15) is 28.6 Å². The molecule has 22 heavy (non-hydrogen) atoms. The molecule has 0 saturated heterocycles. The molecule has 0 fully saturated rings. The first-order valence-corrected chi connectivity index (χ1v) is 6.45. The van der Waals surface area contributed by atoms with E-state index in [0.717, 1.165) is 6.54 Å². The molecule has 0 aliphatic rings. The summed E-state index contributed by atoms with van der Waals surface area (Å²) in [5.41, 5.74) is 0.0218. The number of aromatic amines is 1. The summed E-state index contributed by atoms with van der Waals surface area (Å²) in [5.74, 6) is 0. The Hall–Kier alpha value is -2.71. The minimum atomic E-state index is -4.57. The van der Waals surface area contributed by atoms with Gasteiger partial charge in [-0.25, -0.2) is 4.98 Å². The van der Waals surface area contributed by atoms with Crippen LogP contribution in [0, 0.1) is 0 Å². The standard InChI is InChI=1S/C13H11F3N6/c1-2-22-6-10(18-7-22)9-5-8(3-4-17-9)11-12(13(14,15)16)20-21-19-11/h3-7H,2H2,1H3,(H,19,20,21). The monoisotopic (exact) mass is 308 g/mol. The van der Waals surface area contributed by atoms with Crippen LogP contribution in [0.5, 0.6) is 0 Å². The number of nitrogens with one attached hydrogen (secondary N) is 1. The molecule has 114 valence electrons. The van der Waals surface area contributed by atoms with E-state index in [1.54, 1.807) is 12.5 Å². The van der Waals surface area contributed by atoms with Gasteiger partial charge in [-0.3, -0.25) is 4.98 Å². The van der Waals surface area contributed by atoms with Crippen LogP contribution in [-0.2, 0) is 12.7 Å². The Balaban J connectivity index is 2.03. The SMILES string of the molecule is CCn1cnc(-c2cc(-c3n[nH]nc3C(F)(F)F)ccn2)c1. The van der Waals surface area contributed by atoms with E-state index in [1.165, 1.54) is 18.3 Å². The summed E-state index contributed by atoms with van der Waals surface area (Å²) in [4.78, 5) is 8.33. The van der Waals surface area contributed by atoms with E-state index in [-0.39, 0.29) is 11.3 Å². The number of hydrogen-bond acceptors (Lipinski definition) is 4. The van der Waals surface area contributed by atoms with E-state index in [1.807, 2.05) is 16.7 Å². The summed E-state index contributed by atoms with van der Waals surface area (Å²) >= 11 is 0. The van der Waals surface area contributed by atoms with Gasteiger partial charge in [0.1, 0.15) is 11.4 Å². The molecule has 0 saturated carbocycles. The fourth-order valence-electron chi connectivity index (χ4n) is 2.01. The van der Waals surface area contributed by atoms with Gasteiger partial charge in [-0.15, -0.1) is 0 Å². The van der Waals surface area contributed by atoms with E-state index in [2.05, 4.69) is 20.2 Å². The number of pyridine rings is 1. The quantitative estimate of drug-likeness (QED) is 0.807. The van der Waals surface area contributed by atoms with Crippen LogP contribution in [0.4, 0.5) is 13.2 Å². The lowest BCUT2D eigenvalue weighted by Gasteiger charge is -2.05. The maximum absolute atomic E-state index is 12.9. The molecule has 3 aromatic rings. The van der Waals surface area contributed by atoms with Crippen LogP contribution in [0.15, 0.2) is 30.9 Å². The third kappa shape index (κ3) is 2.57. The zero-order chi connectivity index (χ0) is 15.7. The number of nitrogens with zero attached hydrogens (tertiary/aromatic N) is 5. The van der Waals surface area contributed by atoms with Crippen molar-refractivity contribution in [1.82, 2.24) is 29.9 Å². The normalized spacial score (nSPS) is 11.8. The van der Waals surface area contributed by atoms with Crippen molar-refractivity contribution in [2.24, 2.45) is 0 Å². The van der Waals surface area contributed by atoms with Crippen molar-refractivity contribution in [3.05, 3.63) is 36.5 Å². The van der Waals surface area contributed by atoms with Crippen molar-refractivity contribution in [2.75, 3.05) is 0 Å². The van der Waals surface area contributed by atoms with E-state index in [4.69, 9.17) is 0 Å². The molecule has 0 spiro atoms. The first kappa shape index (κ1) is 14.2. The van der Waals surface area contributed by atoms with Crippen molar-refractivity contribution in [1.29, 1.82) is 0 Å². The van der Waals surface area contributed by atoms with Gasteiger partial charge in [0.05, 0.1) is 12.0 Å². The Bertz CT molecular complexity index is 789. The second-order valence-electron chi connectivity index (χ2n) is 4.54. The van der Waals surface area contributed by atoms with Crippen LogP contribution < -0.4 is 0 Å². The minimum Gasteiger partial charge on any atom is -0.337 e. The highest BCUT2D eigenvalue weighted by molar-refractivity contribution is 5.67. The van der Waals surface area contributed by atoms with Gasteiger partial charge < -0.3 is 4.57 Å². The average Bonchev–Trinajstić information content (AvgIpc) is 3.16. The van der Waals surface area contributed by atoms with Crippen LogP contribution in [-0.4, -0.2) is 29.9 Å². The molecule has 0 unspecified atom stereocenters. The molecule has 0 aliphatic carbocycles. The second kappa shape index (κ2) is 5.24. The summed E-state index contributed by atoms with van der Waals surface area (Å²) < 4.78 is 40.5. The van der Waals surface area contributed by atoms with Gasteiger partial charge in [-0.1, -0.05) is 0 Å². The van der Waals surface area contributed by atoms with Gasteiger partial charge in [0, 0.05) is 24.5 Å². The number of hydrogen-bond donors (Lipinski definition) is 1. The fourth-order valence-corrected chi connectivity index (χ4v) is 2.01. The molecule has 0 atom stereocenters. The smallest absolute Gasteiger partial charge is 0.337 e. The lowest BCUT2D eigenvalue weighted by atomic mass is 10.1. The molecule has 1 N–H and O–H groups in total. The van der Waals surface area contributed by atoms with Crippen molar-refractivity contribution in [3.63, 3.8) is 0 Å². The van der Waals surface area contributed by atoms with Crippen LogP contribution >= 0.6 is 0 Å². The largest absolute Gasteiger partial charge is 0.437 e. The summed E-state index contributed by atoms with van der Waals surface area (Å²) in [6.45, 7) is 2.70. The number of halogens is 3. The second-order valence-corrected chi connectivity index (χ2v) is 4.54. The Morgan fingerprint density at radius 2 is 2.00 bits per heavy atom. The van der Waals surface area contributed by atoms with Gasteiger partial charge >= 0.3 is 6.18 Å². The van der Waals surface area contributed by atoms with E-state index < -0.39 is 11.9 Å². The third-order valence-electron chi connectivity index (χ3n) is 3.11. The molecule has 9 heteroatoms. The molecule has 0 amide bonds. The van der Waals surface area contributed by atoms with Gasteiger partial charge in [0.25, 0.3) is 0 Å². The fraction of sp³-hybridized carbons (Fsp3) is 0.231. The maximum Gasteiger partial charge on any atom is 0.437 e. The lowest BCUT2D eigenvalue weighted by Crippen LogP contribution is -2.07. The molecule has 0 bridgehead atoms. The van der Waals surface area contributed by atoms with Crippen LogP contribution in [0.2, 0.25) is 0 Å². The highest BCUT2D eigenvalue weighted by Gasteiger charge is 2.38. The number of imidazole rings is 1. The molecule has 6 nitrogen and oxygen atoms in total. The lowest BCUT2D eigenvalue weighted by molar-refractivity contribution is -0.140. The summed E-state index contributed by atoms with van der Waals surface area (Å²) in [7, 11) is 0. The topological polar surface area (TPSA) is 72.3 Å². The van der Waals surface area contributed by atoms with E-state index in [9.17, 15) is 13.2 Å². The summed E-state index contributed by atoms with van der Waals surface area (Å²) in [6, 6.07) is 2.96. The van der Waals surface area contributed by atoms with E-state index in [0.29, 0.717) is 11.4 Å². The highest BCUT2D eigenvalue weighted by Crippen LogP contribution is 2.34. The predicted octanol–water partition coefficient (Wildman–Crippen LogP) is 2.77. The molecule has 0 aromatic carbocycles. The Morgan fingerprint density at radius 1 is 1.18 bits per heavy atom. The first-order chi connectivity index (χ1) is 10.5. The zero-order valence-corrected chi connectivity index (χ0v) is 11.5. The molecule has 3 aromatic heterocycles. The van der Waals surface area contributed by atoms with Gasteiger partial charge in [-0.05, 0) is 19.1 Å². The Labute approximate surface area is 123 Å². The number of alkyl halides is 3. The molecule has 3 heterocycles. The first-order valence-electron chi connectivity index (χ1n) is 6.45.